The average Bonchev–Trinajstić information content (AvgIpc) is 2.90. The second-order valence-corrected chi connectivity index (χ2v) is 8.00. The predicted molar refractivity (Wildman–Crippen MR) is 89.2 cm³/mol. The van der Waals surface area contributed by atoms with Crippen LogP contribution in [0.2, 0.25) is 0 Å². The number of fused-ring (bicyclic) bond motifs is 2. The average molecular weight is 314 g/mol. The number of hydrogen-bond donors (Lipinski definition) is 3. The van der Waals surface area contributed by atoms with Crippen molar-refractivity contribution in [2.75, 3.05) is 11.9 Å². The predicted octanol–water partition coefficient (Wildman–Crippen LogP) is 1.92. The quantitative estimate of drug-likeness (QED) is 0.741. The van der Waals surface area contributed by atoms with E-state index in [1.165, 1.54) is 11.3 Å². The largest absolute Gasteiger partial charge is 0.392 e. The van der Waals surface area contributed by atoms with Crippen molar-refractivity contribution in [3.05, 3.63) is 29.8 Å². The Balaban J connectivity index is 1.67. The summed E-state index contributed by atoms with van der Waals surface area (Å²) in [6.45, 7) is 3.06. The molecule has 1 aromatic rings. The molecule has 4 nitrogen and oxygen atoms in total. The van der Waals surface area contributed by atoms with E-state index < -0.39 is 0 Å². The van der Waals surface area contributed by atoms with Gasteiger partial charge >= 0.3 is 0 Å². The molecular formula is C19H26N2O2. The molecule has 5 rings (SSSR count). The van der Waals surface area contributed by atoms with Crippen molar-refractivity contribution < 1.29 is 10.2 Å². The molecule has 0 unspecified atom stereocenters. The molecule has 3 heterocycles. The van der Waals surface area contributed by atoms with Gasteiger partial charge in [-0.1, -0.05) is 25.1 Å². The van der Waals surface area contributed by atoms with Gasteiger partial charge in [-0.05, 0) is 43.2 Å². The lowest BCUT2D eigenvalue weighted by Crippen LogP contribution is -2.66. The molecule has 0 amide bonds. The Morgan fingerprint density at radius 3 is 2.91 bits per heavy atom. The first-order valence-corrected chi connectivity index (χ1v) is 9.14. The van der Waals surface area contributed by atoms with Crippen molar-refractivity contribution in [1.82, 2.24) is 4.90 Å². The van der Waals surface area contributed by atoms with Crippen molar-refractivity contribution in [2.24, 2.45) is 11.8 Å². The Labute approximate surface area is 137 Å². The van der Waals surface area contributed by atoms with E-state index in [9.17, 15) is 10.2 Å². The molecule has 3 bridgehead atoms. The maximum atomic E-state index is 11.3. The molecule has 4 heteroatoms. The van der Waals surface area contributed by atoms with E-state index >= 15 is 0 Å². The third-order valence-electron chi connectivity index (χ3n) is 7.35. The second-order valence-electron chi connectivity index (χ2n) is 8.00. The zero-order chi connectivity index (χ0) is 15.8. The van der Waals surface area contributed by atoms with E-state index in [-0.39, 0.29) is 23.8 Å². The van der Waals surface area contributed by atoms with Crippen LogP contribution in [0.25, 0.3) is 0 Å². The molecule has 0 aromatic heterocycles. The first-order valence-electron chi connectivity index (χ1n) is 9.14. The third kappa shape index (κ3) is 1.62. The Morgan fingerprint density at radius 2 is 2.09 bits per heavy atom. The third-order valence-corrected chi connectivity index (χ3v) is 7.35. The van der Waals surface area contributed by atoms with Crippen LogP contribution >= 0.6 is 0 Å². The van der Waals surface area contributed by atoms with Crippen LogP contribution in [0.5, 0.6) is 0 Å². The first kappa shape index (κ1) is 14.3. The molecule has 1 aliphatic carbocycles. The number of benzene rings is 1. The lowest BCUT2D eigenvalue weighted by Gasteiger charge is -2.54. The molecular weight excluding hydrogens is 288 g/mol. The Morgan fingerprint density at radius 1 is 1.26 bits per heavy atom. The van der Waals surface area contributed by atoms with Gasteiger partial charge in [0.15, 0.2) is 0 Å². The van der Waals surface area contributed by atoms with Crippen LogP contribution in [0.4, 0.5) is 5.69 Å². The highest BCUT2D eigenvalue weighted by Gasteiger charge is 2.63. The SMILES string of the molecule is CC[C@H]1[C@H]2C[C@@H](O)[C@@]34CCN([C@@H]1O)[C@@H](C2)[C@@H]3Nc1ccccc14. The van der Waals surface area contributed by atoms with Gasteiger partial charge in [0.2, 0.25) is 0 Å². The minimum Gasteiger partial charge on any atom is -0.392 e. The topological polar surface area (TPSA) is 55.7 Å². The summed E-state index contributed by atoms with van der Waals surface area (Å²) in [4.78, 5) is 2.32. The molecule has 124 valence electrons. The maximum Gasteiger partial charge on any atom is 0.110 e. The molecule has 1 saturated carbocycles. The normalized spacial score (nSPS) is 47.6. The number of hydrogen-bond acceptors (Lipinski definition) is 4. The van der Waals surface area contributed by atoms with E-state index in [2.05, 4.69) is 41.4 Å². The van der Waals surface area contributed by atoms with Gasteiger partial charge in [-0.3, -0.25) is 4.90 Å². The highest BCUT2D eigenvalue weighted by Crippen LogP contribution is 2.57. The maximum absolute atomic E-state index is 11.3. The molecule has 3 fully saturated rings. The summed E-state index contributed by atoms with van der Waals surface area (Å²) in [5, 5.41) is 25.9. The number of aliphatic hydroxyl groups excluding tert-OH is 2. The molecule has 2 saturated heterocycles. The smallest absolute Gasteiger partial charge is 0.110 e. The summed E-state index contributed by atoms with van der Waals surface area (Å²) in [7, 11) is 0. The molecule has 23 heavy (non-hydrogen) atoms. The summed E-state index contributed by atoms with van der Waals surface area (Å²) in [5.74, 6) is 0.728. The fourth-order valence-corrected chi connectivity index (χ4v) is 6.32. The number of nitrogens with zero attached hydrogens (tertiary/aromatic N) is 1. The standard InChI is InChI=1S/C19H26N2O2/c1-2-12-11-9-15-17-19(16(22)10-11,7-8-21(15)18(12)23)13-5-3-4-6-14(13)20-17/h3-6,11-12,15-18,20,22-23H,2,7-10H2,1H3/t11-,12+,15+,16-,17+,18-,19+/m1/s1. The number of para-hydroxylation sites is 1. The number of piperidine rings is 2. The Bertz CT molecular complexity index is 636. The summed E-state index contributed by atoms with van der Waals surface area (Å²) < 4.78 is 0. The fraction of sp³-hybridized carbons (Fsp3) is 0.684. The molecule has 0 spiro atoms. The molecule has 4 aliphatic rings. The molecule has 3 aliphatic heterocycles. The monoisotopic (exact) mass is 314 g/mol. The summed E-state index contributed by atoms with van der Waals surface area (Å²) >= 11 is 0. The van der Waals surface area contributed by atoms with Crippen LogP contribution in [0.3, 0.4) is 0 Å². The highest BCUT2D eigenvalue weighted by atomic mass is 16.3. The van der Waals surface area contributed by atoms with Crippen LogP contribution in [-0.4, -0.2) is 46.1 Å². The van der Waals surface area contributed by atoms with Crippen LogP contribution in [0, 0.1) is 11.8 Å². The fourth-order valence-electron chi connectivity index (χ4n) is 6.32. The zero-order valence-electron chi connectivity index (χ0n) is 13.7. The molecule has 3 N–H and O–H groups in total. The number of rotatable bonds is 1. The highest BCUT2D eigenvalue weighted by molar-refractivity contribution is 5.64. The van der Waals surface area contributed by atoms with Crippen molar-refractivity contribution in [3.8, 4) is 0 Å². The molecule has 1 aromatic carbocycles. The van der Waals surface area contributed by atoms with Crippen LogP contribution < -0.4 is 5.32 Å². The van der Waals surface area contributed by atoms with Crippen LogP contribution in [0.15, 0.2) is 24.3 Å². The van der Waals surface area contributed by atoms with E-state index in [0.717, 1.165) is 32.2 Å². The van der Waals surface area contributed by atoms with E-state index in [1.54, 1.807) is 0 Å². The number of anilines is 1. The van der Waals surface area contributed by atoms with Crippen molar-refractivity contribution >= 4 is 5.69 Å². The van der Waals surface area contributed by atoms with E-state index in [1.807, 2.05) is 0 Å². The number of aliphatic hydroxyl groups is 2. The van der Waals surface area contributed by atoms with E-state index in [0.29, 0.717) is 17.9 Å². The van der Waals surface area contributed by atoms with Gasteiger partial charge in [0, 0.05) is 29.6 Å². The van der Waals surface area contributed by atoms with Crippen molar-refractivity contribution in [3.63, 3.8) is 0 Å². The van der Waals surface area contributed by atoms with Gasteiger partial charge in [-0.2, -0.15) is 0 Å². The van der Waals surface area contributed by atoms with Gasteiger partial charge in [0.1, 0.15) is 6.23 Å². The van der Waals surface area contributed by atoms with Gasteiger partial charge in [-0.15, -0.1) is 0 Å². The van der Waals surface area contributed by atoms with E-state index in [4.69, 9.17) is 0 Å². The lowest BCUT2D eigenvalue weighted by atomic mass is 9.66. The minimum absolute atomic E-state index is 0.172. The number of nitrogens with one attached hydrogen (secondary N) is 1. The van der Waals surface area contributed by atoms with Gasteiger partial charge in [-0.25, -0.2) is 0 Å². The van der Waals surface area contributed by atoms with Gasteiger partial charge in [0.05, 0.1) is 12.1 Å². The Hall–Kier alpha value is -1.10. The van der Waals surface area contributed by atoms with Crippen molar-refractivity contribution in [1.29, 1.82) is 0 Å². The van der Waals surface area contributed by atoms with Gasteiger partial charge in [0.25, 0.3) is 0 Å². The second kappa shape index (κ2) is 4.71. The van der Waals surface area contributed by atoms with Gasteiger partial charge < -0.3 is 15.5 Å². The zero-order valence-corrected chi connectivity index (χ0v) is 13.7. The van der Waals surface area contributed by atoms with Crippen molar-refractivity contribution in [2.45, 2.75) is 62.4 Å². The summed E-state index contributed by atoms with van der Waals surface area (Å²) in [5.41, 5.74) is 2.31. The summed E-state index contributed by atoms with van der Waals surface area (Å²) in [6, 6.07) is 9.05. The molecule has 0 radical (unpaired) electrons. The minimum atomic E-state index is -0.349. The molecule has 7 atom stereocenters. The summed E-state index contributed by atoms with van der Waals surface area (Å²) in [6.07, 6.45) is 3.17. The lowest BCUT2D eigenvalue weighted by molar-refractivity contribution is -0.132. The first-order chi connectivity index (χ1) is 11.2. The Kier molecular flexibility index (Phi) is 2.92. The van der Waals surface area contributed by atoms with Crippen LogP contribution in [-0.2, 0) is 5.41 Å². The van der Waals surface area contributed by atoms with Crippen LogP contribution in [0.1, 0.15) is 38.2 Å².